The molecule has 0 bridgehead atoms. The van der Waals surface area contributed by atoms with Crippen LogP contribution in [0.5, 0.6) is 0 Å². The first-order chi connectivity index (χ1) is 10.6. The van der Waals surface area contributed by atoms with Gasteiger partial charge in [0, 0.05) is 43.6 Å². The first kappa shape index (κ1) is 13.4. The van der Waals surface area contributed by atoms with Gasteiger partial charge >= 0.3 is 0 Å². The van der Waals surface area contributed by atoms with E-state index < -0.39 is 0 Å². The zero-order valence-corrected chi connectivity index (χ0v) is 12.8. The fraction of sp³-hybridized carbons (Fsp3) is 0.500. The van der Waals surface area contributed by atoms with Crippen LogP contribution in [0, 0.1) is 5.92 Å². The van der Waals surface area contributed by atoms with Crippen LogP contribution < -0.4 is 4.90 Å². The smallest absolute Gasteiger partial charge is 0.219 e. The SMILES string of the molecule is CC(=O)N1CC2CC(C)N(c3ncnc4cnccc34)C2C1. The molecule has 2 aromatic rings. The van der Waals surface area contributed by atoms with E-state index in [1.165, 1.54) is 0 Å². The minimum atomic E-state index is 0.166. The Morgan fingerprint density at radius 3 is 3.00 bits per heavy atom. The van der Waals surface area contributed by atoms with Crippen LogP contribution in [0.1, 0.15) is 20.3 Å². The number of nitrogens with zero attached hydrogens (tertiary/aromatic N) is 5. The first-order valence-electron chi connectivity index (χ1n) is 7.73. The summed E-state index contributed by atoms with van der Waals surface area (Å²) in [5, 5.41) is 1.03. The predicted octanol–water partition coefficient (Wildman–Crippen LogP) is 1.47. The number of pyridine rings is 1. The number of amides is 1. The summed E-state index contributed by atoms with van der Waals surface area (Å²) < 4.78 is 0. The molecular weight excluding hydrogens is 278 g/mol. The van der Waals surface area contributed by atoms with E-state index >= 15 is 0 Å². The van der Waals surface area contributed by atoms with Gasteiger partial charge in [-0.3, -0.25) is 9.78 Å². The van der Waals surface area contributed by atoms with E-state index in [1.54, 1.807) is 25.6 Å². The zero-order valence-electron chi connectivity index (χ0n) is 12.8. The Labute approximate surface area is 129 Å². The molecule has 4 rings (SSSR count). The molecule has 2 aliphatic heterocycles. The van der Waals surface area contributed by atoms with Gasteiger partial charge in [0.15, 0.2) is 0 Å². The molecular formula is C16H19N5O. The molecule has 114 valence electrons. The largest absolute Gasteiger partial charge is 0.348 e. The molecule has 1 amide bonds. The van der Waals surface area contributed by atoms with Crippen LogP contribution in [-0.2, 0) is 4.79 Å². The number of rotatable bonds is 1. The lowest BCUT2D eigenvalue weighted by molar-refractivity contribution is -0.128. The van der Waals surface area contributed by atoms with Crippen molar-refractivity contribution in [3.8, 4) is 0 Å². The molecule has 0 radical (unpaired) electrons. The summed E-state index contributed by atoms with van der Waals surface area (Å²) in [6, 6.07) is 2.75. The van der Waals surface area contributed by atoms with Crippen molar-refractivity contribution >= 4 is 22.6 Å². The Morgan fingerprint density at radius 1 is 1.32 bits per heavy atom. The number of fused-ring (bicyclic) bond motifs is 2. The molecule has 2 aromatic heterocycles. The summed E-state index contributed by atoms with van der Waals surface area (Å²) in [7, 11) is 0. The summed E-state index contributed by atoms with van der Waals surface area (Å²) >= 11 is 0. The monoisotopic (exact) mass is 297 g/mol. The van der Waals surface area contributed by atoms with E-state index in [9.17, 15) is 4.79 Å². The van der Waals surface area contributed by atoms with Crippen molar-refractivity contribution in [3.05, 3.63) is 24.8 Å². The van der Waals surface area contributed by atoms with Crippen LogP contribution in [0.15, 0.2) is 24.8 Å². The number of anilines is 1. The van der Waals surface area contributed by atoms with Crippen LogP contribution in [0.2, 0.25) is 0 Å². The molecule has 4 heterocycles. The molecule has 0 spiro atoms. The molecule has 6 nitrogen and oxygen atoms in total. The molecule has 22 heavy (non-hydrogen) atoms. The number of carbonyl (C=O) groups excluding carboxylic acids is 1. The van der Waals surface area contributed by atoms with Gasteiger partial charge in [-0.05, 0) is 19.4 Å². The second kappa shape index (κ2) is 4.90. The molecule has 2 saturated heterocycles. The standard InChI is InChI=1S/C16H19N5O/c1-10-5-12-7-20(11(2)22)8-15(12)21(10)16-13-3-4-17-6-14(13)18-9-19-16/h3-4,6,9-10,12,15H,5,7-8H2,1-2H3. The lowest BCUT2D eigenvalue weighted by Gasteiger charge is -2.30. The molecule has 3 unspecified atom stereocenters. The van der Waals surface area contributed by atoms with E-state index in [4.69, 9.17) is 0 Å². The fourth-order valence-electron chi connectivity index (χ4n) is 4.00. The third-order valence-electron chi connectivity index (χ3n) is 4.99. The van der Waals surface area contributed by atoms with Gasteiger partial charge in [0.25, 0.3) is 0 Å². The van der Waals surface area contributed by atoms with Crippen molar-refractivity contribution in [3.63, 3.8) is 0 Å². The van der Waals surface area contributed by atoms with E-state index in [1.807, 2.05) is 11.0 Å². The number of carbonyl (C=O) groups is 1. The summed E-state index contributed by atoms with van der Waals surface area (Å²) in [6.45, 7) is 5.55. The molecule has 0 aromatic carbocycles. The summed E-state index contributed by atoms with van der Waals surface area (Å²) in [6.07, 6.45) is 6.27. The Balaban J connectivity index is 1.76. The van der Waals surface area contributed by atoms with Crippen molar-refractivity contribution in [1.82, 2.24) is 19.9 Å². The minimum Gasteiger partial charge on any atom is -0.348 e. The average Bonchev–Trinajstić information content (AvgIpc) is 3.03. The normalized spacial score (nSPS) is 27.5. The van der Waals surface area contributed by atoms with E-state index in [2.05, 4.69) is 26.8 Å². The van der Waals surface area contributed by atoms with Gasteiger partial charge in [0.2, 0.25) is 5.91 Å². The Bertz CT molecular complexity index is 728. The molecule has 6 heteroatoms. The van der Waals surface area contributed by atoms with Crippen LogP contribution in [-0.4, -0.2) is 50.9 Å². The highest BCUT2D eigenvalue weighted by Crippen LogP contribution is 2.39. The van der Waals surface area contributed by atoms with Crippen molar-refractivity contribution < 1.29 is 4.79 Å². The third kappa shape index (κ3) is 1.94. The summed E-state index contributed by atoms with van der Waals surface area (Å²) in [5.74, 6) is 1.67. The third-order valence-corrected chi connectivity index (χ3v) is 4.99. The van der Waals surface area contributed by atoms with Gasteiger partial charge in [-0.2, -0.15) is 0 Å². The number of hydrogen-bond acceptors (Lipinski definition) is 5. The maximum absolute atomic E-state index is 11.7. The highest BCUT2D eigenvalue weighted by atomic mass is 16.2. The topological polar surface area (TPSA) is 62.2 Å². The number of hydrogen-bond donors (Lipinski definition) is 0. The molecule has 2 aliphatic rings. The maximum Gasteiger partial charge on any atom is 0.219 e. The zero-order chi connectivity index (χ0) is 15.3. The predicted molar refractivity (Wildman–Crippen MR) is 83.4 cm³/mol. The van der Waals surface area contributed by atoms with E-state index in [-0.39, 0.29) is 5.91 Å². The maximum atomic E-state index is 11.7. The molecule has 0 N–H and O–H groups in total. The Morgan fingerprint density at radius 2 is 2.18 bits per heavy atom. The fourth-order valence-corrected chi connectivity index (χ4v) is 4.00. The van der Waals surface area contributed by atoms with Crippen LogP contribution in [0.4, 0.5) is 5.82 Å². The Kier molecular flexibility index (Phi) is 2.99. The second-order valence-electron chi connectivity index (χ2n) is 6.33. The molecule has 0 aliphatic carbocycles. The van der Waals surface area contributed by atoms with Gasteiger partial charge < -0.3 is 9.80 Å². The van der Waals surface area contributed by atoms with Crippen molar-refractivity contribution in [1.29, 1.82) is 0 Å². The highest BCUT2D eigenvalue weighted by Gasteiger charge is 2.46. The number of aromatic nitrogens is 3. The van der Waals surface area contributed by atoms with Gasteiger partial charge in [0.05, 0.1) is 17.8 Å². The van der Waals surface area contributed by atoms with Gasteiger partial charge in [-0.15, -0.1) is 0 Å². The van der Waals surface area contributed by atoms with Gasteiger partial charge in [-0.1, -0.05) is 0 Å². The Hall–Kier alpha value is -2.24. The van der Waals surface area contributed by atoms with Gasteiger partial charge in [-0.25, -0.2) is 9.97 Å². The summed E-state index contributed by atoms with van der Waals surface area (Å²) in [4.78, 5) is 29.0. The van der Waals surface area contributed by atoms with E-state index in [0.29, 0.717) is 18.0 Å². The van der Waals surface area contributed by atoms with Crippen LogP contribution in [0.3, 0.4) is 0 Å². The summed E-state index contributed by atoms with van der Waals surface area (Å²) in [5.41, 5.74) is 0.865. The minimum absolute atomic E-state index is 0.166. The van der Waals surface area contributed by atoms with Crippen LogP contribution in [0.25, 0.3) is 10.9 Å². The lowest BCUT2D eigenvalue weighted by Crippen LogP contribution is -2.40. The van der Waals surface area contributed by atoms with Crippen LogP contribution >= 0.6 is 0 Å². The average molecular weight is 297 g/mol. The highest BCUT2D eigenvalue weighted by molar-refractivity contribution is 5.89. The number of likely N-dealkylation sites (tertiary alicyclic amines) is 1. The lowest BCUT2D eigenvalue weighted by atomic mass is 10.0. The molecule has 2 fully saturated rings. The van der Waals surface area contributed by atoms with Crippen molar-refractivity contribution in [2.75, 3.05) is 18.0 Å². The second-order valence-corrected chi connectivity index (χ2v) is 6.33. The molecule has 3 atom stereocenters. The van der Waals surface area contributed by atoms with Gasteiger partial charge in [0.1, 0.15) is 12.1 Å². The van der Waals surface area contributed by atoms with Crippen molar-refractivity contribution in [2.24, 2.45) is 5.92 Å². The quantitative estimate of drug-likeness (QED) is 0.797. The first-order valence-corrected chi connectivity index (χ1v) is 7.73. The molecule has 0 saturated carbocycles. The van der Waals surface area contributed by atoms with E-state index in [0.717, 1.165) is 36.2 Å². The van der Waals surface area contributed by atoms with Crippen molar-refractivity contribution in [2.45, 2.75) is 32.4 Å².